The van der Waals surface area contributed by atoms with E-state index < -0.39 is 5.60 Å². The van der Waals surface area contributed by atoms with Gasteiger partial charge in [-0.25, -0.2) is 8.78 Å². The van der Waals surface area contributed by atoms with Crippen molar-refractivity contribution in [1.82, 2.24) is 0 Å². The summed E-state index contributed by atoms with van der Waals surface area (Å²) < 4.78 is 31.5. The van der Waals surface area contributed by atoms with Crippen LogP contribution in [0.2, 0.25) is 0 Å². The standard InChI is InChI=1S/C10H10F2O/c1-6-3-9(12)7(4-8(6)11)10(2)5-13-10/h3-4H,5H2,1-2H3. The Hall–Kier alpha value is -0.960. The quantitative estimate of drug-likeness (QED) is 0.611. The zero-order valence-corrected chi connectivity index (χ0v) is 7.53. The van der Waals surface area contributed by atoms with Crippen molar-refractivity contribution in [2.75, 3.05) is 6.61 Å². The smallest absolute Gasteiger partial charge is 0.129 e. The van der Waals surface area contributed by atoms with Gasteiger partial charge in [-0.15, -0.1) is 0 Å². The van der Waals surface area contributed by atoms with E-state index in [0.29, 0.717) is 17.7 Å². The van der Waals surface area contributed by atoms with E-state index in [4.69, 9.17) is 4.74 Å². The van der Waals surface area contributed by atoms with E-state index in [-0.39, 0.29) is 11.6 Å². The average molecular weight is 184 g/mol. The highest BCUT2D eigenvalue weighted by Crippen LogP contribution is 2.39. The Morgan fingerprint density at radius 2 is 1.92 bits per heavy atom. The maximum Gasteiger partial charge on any atom is 0.129 e. The van der Waals surface area contributed by atoms with E-state index in [2.05, 4.69) is 0 Å². The van der Waals surface area contributed by atoms with Crippen LogP contribution in [-0.4, -0.2) is 6.61 Å². The maximum atomic E-state index is 13.3. The second-order valence-electron chi connectivity index (χ2n) is 3.60. The lowest BCUT2D eigenvalue weighted by molar-refractivity contribution is 0.320. The highest BCUT2D eigenvalue weighted by atomic mass is 19.1. The van der Waals surface area contributed by atoms with Crippen molar-refractivity contribution in [1.29, 1.82) is 0 Å². The van der Waals surface area contributed by atoms with Gasteiger partial charge in [-0.2, -0.15) is 0 Å². The molecule has 1 saturated heterocycles. The minimum absolute atomic E-state index is 0.315. The van der Waals surface area contributed by atoms with E-state index in [1.165, 1.54) is 19.1 Å². The largest absolute Gasteiger partial charge is 0.365 e. The van der Waals surface area contributed by atoms with Gasteiger partial charge in [-0.3, -0.25) is 0 Å². The minimum Gasteiger partial charge on any atom is -0.365 e. The third-order valence-corrected chi connectivity index (χ3v) is 2.40. The minimum atomic E-state index is -0.599. The average Bonchev–Trinajstić information content (AvgIpc) is 2.77. The first-order valence-corrected chi connectivity index (χ1v) is 4.13. The van der Waals surface area contributed by atoms with Crippen LogP contribution in [0.4, 0.5) is 8.78 Å². The molecule has 0 aliphatic carbocycles. The van der Waals surface area contributed by atoms with E-state index in [1.807, 2.05) is 0 Å². The van der Waals surface area contributed by atoms with Crippen molar-refractivity contribution in [3.8, 4) is 0 Å². The van der Waals surface area contributed by atoms with Gasteiger partial charge in [0.2, 0.25) is 0 Å². The van der Waals surface area contributed by atoms with Crippen molar-refractivity contribution in [2.45, 2.75) is 19.4 Å². The van der Waals surface area contributed by atoms with Crippen molar-refractivity contribution < 1.29 is 13.5 Å². The van der Waals surface area contributed by atoms with Gasteiger partial charge in [0.25, 0.3) is 0 Å². The third kappa shape index (κ3) is 1.33. The molecule has 1 fully saturated rings. The molecule has 1 heterocycles. The molecule has 13 heavy (non-hydrogen) atoms. The first kappa shape index (κ1) is 8.63. The Bertz CT molecular complexity index is 356. The number of halogens is 2. The van der Waals surface area contributed by atoms with Crippen molar-refractivity contribution in [3.63, 3.8) is 0 Å². The highest BCUT2D eigenvalue weighted by molar-refractivity contribution is 5.31. The molecule has 70 valence electrons. The summed E-state index contributed by atoms with van der Waals surface area (Å²) in [5.41, 5.74) is 0.0413. The summed E-state index contributed by atoms with van der Waals surface area (Å²) in [6, 6.07) is 2.43. The molecule has 0 saturated carbocycles. The van der Waals surface area contributed by atoms with Crippen LogP contribution in [0.1, 0.15) is 18.1 Å². The number of epoxide rings is 1. The van der Waals surface area contributed by atoms with Crippen LogP contribution in [0.25, 0.3) is 0 Å². The zero-order chi connectivity index (χ0) is 9.64. The Labute approximate surface area is 75.3 Å². The van der Waals surface area contributed by atoms with Gasteiger partial charge >= 0.3 is 0 Å². The summed E-state index contributed by atoms with van der Waals surface area (Å²) >= 11 is 0. The van der Waals surface area contributed by atoms with Crippen LogP contribution in [0.15, 0.2) is 12.1 Å². The number of aryl methyl sites for hydroxylation is 1. The lowest BCUT2D eigenvalue weighted by Crippen LogP contribution is -2.06. The first-order valence-electron chi connectivity index (χ1n) is 4.13. The molecule has 1 aliphatic rings. The van der Waals surface area contributed by atoms with Gasteiger partial charge in [0.15, 0.2) is 0 Å². The monoisotopic (exact) mass is 184 g/mol. The molecule has 3 heteroatoms. The molecule has 0 bridgehead atoms. The molecule has 0 amide bonds. The van der Waals surface area contributed by atoms with Crippen LogP contribution in [0, 0.1) is 18.6 Å². The number of benzene rings is 1. The van der Waals surface area contributed by atoms with Crippen LogP contribution in [-0.2, 0) is 10.3 Å². The fraction of sp³-hybridized carbons (Fsp3) is 0.400. The fourth-order valence-electron chi connectivity index (χ4n) is 1.32. The predicted octanol–water partition coefficient (Wildman–Crippen LogP) is 2.52. The second kappa shape index (κ2) is 2.51. The van der Waals surface area contributed by atoms with E-state index in [9.17, 15) is 8.78 Å². The fourth-order valence-corrected chi connectivity index (χ4v) is 1.32. The molecule has 2 rings (SSSR count). The molecule has 0 spiro atoms. The number of rotatable bonds is 1. The van der Waals surface area contributed by atoms with Crippen molar-refractivity contribution >= 4 is 0 Å². The Kier molecular flexibility index (Phi) is 1.67. The van der Waals surface area contributed by atoms with Crippen LogP contribution in [0.3, 0.4) is 0 Å². The van der Waals surface area contributed by atoms with Crippen LogP contribution in [0.5, 0.6) is 0 Å². The highest BCUT2D eigenvalue weighted by Gasteiger charge is 2.43. The number of ether oxygens (including phenoxy) is 1. The van der Waals surface area contributed by atoms with Gasteiger partial charge < -0.3 is 4.74 Å². The van der Waals surface area contributed by atoms with E-state index in [0.717, 1.165) is 0 Å². The van der Waals surface area contributed by atoms with Crippen LogP contribution < -0.4 is 0 Å². The molecule has 1 aliphatic heterocycles. The Balaban J connectivity index is 2.52. The van der Waals surface area contributed by atoms with Gasteiger partial charge in [0, 0.05) is 5.56 Å². The van der Waals surface area contributed by atoms with E-state index >= 15 is 0 Å². The normalized spacial score (nSPS) is 26.2. The molecule has 0 N–H and O–H groups in total. The number of hydrogen-bond donors (Lipinski definition) is 0. The van der Waals surface area contributed by atoms with Gasteiger partial charge in [0.05, 0.1) is 6.61 Å². The molecule has 1 nitrogen and oxygen atoms in total. The summed E-state index contributed by atoms with van der Waals surface area (Å²) in [6.07, 6.45) is 0. The molecular weight excluding hydrogens is 174 g/mol. The Morgan fingerprint density at radius 3 is 2.46 bits per heavy atom. The summed E-state index contributed by atoms with van der Waals surface area (Å²) in [5.74, 6) is -0.771. The maximum absolute atomic E-state index is 13.3. The van der Waals surface area contributed by atoms with Gasteiger partial charge in [-0.05, 0) is 31.5 Å². The lowest BCUT2D eigenvalue weighted by atomic mass is 10.00. The molecular formula is C10H10F2O. The SMILES string of the molecule is Cc1cc(F)c(C2(C)CO2)cc1F. The second-order valence-corrected chi connectivity index (χ2v) is 3.60. The van der Waals surface area contributed by atoms with Crippen molar-refractivity contribution in [3.05, 3.63) is 34.9 Å². The van der Waals surface area contributed by atoms with Crippen LogP contribution >= 0.6 is 0 Å². The van der Waals surface area contributed by atoms with Gasteiger partial charge in [-0.1, -0.05) is 0 Å². The first-order chi connectivity index (χ1) is 6.03. The van der Waals surface area contributed by atoms with Gasteiger partial charge in [0.1, 0.15) is 17.2 Å². The molecule has 1 aromatic rings. The topological polar surface area (TPSA) is 12.5 Å². The summed E-state index contributed by atoms with van der Waals surface area (Å²) in [7, 11) is 0. The lowest BCUT2D eigenvalue weighted by Gasteiger charge is -2.08. The van der Waals surface area contributed by atoms with E-state index in [1.54, 1.807) is 6.92 Å². The van der Waals surface area contributed by atoms with Crippen molar-refractivity contribution in [2.24, 2.45) is 0 Å². The molecule has 1 aromatic carbocycles. The summed E-state index contributed by atoms with van der Waals surface area (Å²) in [6.45, 7) is 3.75. The summed E-state index contributed by atoms with van der Waals surface area (Å²) in [5, 5.41) is 0. The third-order valence-electron chi connectivity index (χ3n) is 2.40. The zero-order valence-electron chi connectivity index (χ0n) is 7.53. The molecule has 0 radical (unpaired) electrons. The Morgan fingerprint density at radius 1 is 1.31 bits per heavy atom. The number of hydrogen-bond acceptors (Lipinski definition) is 1. The summed E-state index contributed by atoms with van der Waals surface area (Å²) in [4.78, 5) is 0. The predicted molar refractivity (Wildman–Crippen MR) is 44.4 cm³/mol. The molecule has 1 unspecified atom stereocenters. The molecule has 0 aromatic heterocycles. The molecule has 1 atom stereocenters.